The van der Waals surface area contributed by atoms with E-state index in [-0.39, 0.29) is 0 Å². The minimum Gasteiger partial charge on any atom is -0.297 e. The van der Waals surface area contributed by atoms with Gasteiger partial charge >= 0.3 is 0 Å². The average Bonchev–Trinajstić information content (AvgIpc) is 3.07. The van der Waals surface area contributed by atoms with Crippen molar-refractivity contribution in [3.8, 4) is 0 Å². The Hall–Kier alpha value is -1.11. The number of aromatic nitrogens is 4. The highest BCUT2D eigenvalue weighted by molar-refractivity contribution is 7.82. The molecule has 140 valence electrons. The number of nitrogens with two attached hydrogens (primary N) is 2. The number of likely N-dealkylation sites (tertiary alicyclic amines) is 1. The van der Waals surface area contributed by atoms with Gasteiger partial charge in [-0.3, -0.25) is 14.3 Å². The summed E-state index contributed by atoms with van der Waals surface area (Å²) in [7, 11) is 0.605. The lowest BCUT2D eigenvalue weighted by Gasteiger charge is -2.30. The van der Waals surface area contributed by atoms with Gasteiger partial charge in [0.25, 0.3) is 0 Å². The van der Waals surface area contributed by atoms with Crippen LogP contribution in [0.2, 0.25) is 0 Å². The summed E-state index contributed by atoms with van der Waals surface area (Å²) < 4.78 is 25.0. The molecule has 0 saturated carbocycles. The summed E-state index contributed by atoms with van der Waals surface area (Å²) in [4.78, 5) is 2.32. The molecule has 1 fully saturated rings. The fraction of sp³-hybridized carbons (Fsp3) is 0.538. The van der Waals surface area contributed by atoms with Crippen LogP contribution in [-0.4, -0.2) is 46.0 Å². The molecule has 0 spiro atoms. The number of hydrogen-bond acceptors (Lipinski definition) is 5. The maximum Gasteiger partial charge on any atom is 0.164 e. The van der Waals surface area contributed by atoms with E-state index < -0.39 is 22.0 Å². The third-order valence-corrected chi connectivity index (χ3v) is 5.29. The van der Waals surface area contributed by atoms with Gasteiger partial charge in [0.1, 0.15) is 22.0 Å². The van der Waals surface area contributed by atoms with E-state index in [1.165, 1.54) is 6.42 Å². The number of halogens is 1. The van der Waals surface area contributed by atoms with Crippen LogP contribution in [0.25, 0.3) is 0 Å². The zero-order valence-corrected chi connectivity index (χ0v) is 16.5. The quantitative estimate of drug-likeness (QED) is 0.661. The van der Waals surface area contributed by atoms with Gasteiger partial charge in [0.2, 0.25) is 0 Å². The van der Waals surface area contributed by atoms with Crippen molar-refractivity contribution in [2.45, 2.75) is 28.9 Å². The molecule has 0 aromatic carbocycles. The van der Waals surface area contributed by atoms with Crippen molar-refractivity contribution in [2.24, 2.45) is 24.4 Å². The first-order chi connectivity index (χ1) is 11.8. The Kier molecular flexibility index (Phi) is 7.28. The second kappa shape index (κ2) is 9.01. The first-order valence-electron chi connectivity index (χ1n) is 7.48. The van der Waals surface area contributed by atoms with E-state index in [4.69, 9.17) is 21.9 Å². The number of aryl methyl sites for hydroxylation is 2. The van der Waals surface area contributed by atoms with Crippen LogP contribution < -0.4 is 10.3 Å². The van der Waals surface area contributed by atoms with Gasteiger partial charge in [-0.15, -0.1) is 11.6 Å². The van der Waals surface area contributed by atoms with Crippen molar-refractivity contribution >= 4 is 33.6 Å². The molecule has 12 heteroatoms. The van der Waals surface area contributed by atoms with E-state index in [1.807, 2.05) is 13.1 Å². The van der Waals surface area contributed by atoms with Crippen LogP contribution in [0.5, 0.6) is 0 Å². The number of alkyl halides is 1. The number of nitrogens with zero attached hydrogens (tertiary/aromatic N) is 5. The Bertz CT molecular complexity index is 773. The first kappa shape index (κ1) is 20.2. The fourth-order valence-corrected chi connectivity index (χ4v) is 3.35. The molecule has 0 amide bonds. The second-order valence-corrected chi connectivity index (χ2v) is 7.85. The van der Waals surface area contributed by atoms with Gasteiger partial charge in [-0.05, 0) is 31.6 Å². The maximum atomic E-state index is 11.0. The molecule has 3 heterocycles. The van der Waals surface area contributed by atoms with Crippen molar-refractivity contribution in [3.63, 3.8) is 0 Å². The SMILES string of the molecule is Cn1nc(S(N)=O)cc1CCl.Cn1nc(S(N)=O)cc1CN1CCC1. The lowest BCUT2D eigenvalue weighted by Crippen LogP contribution is -2.36. The minimum atomic E-state index is -1.51. The third kappa shape index (κ3) is 5.43. The Morgan fingerprint density at radius 3 is 1.84 bits per heavy atom. The summed E-state index contributed by atoms with van der Waals surface area (Å²) in [6.07, 6.45) is 1.27. The number of hydrogen-bond donors (Lipinski definition) is 2. The predicted octanol–water partition coefficient (Wildman–Crippen LogP) is -0.253. The summed E-state index contributed by atoms with van der Waals surface area (Å²) in [5, 5.41) is 19.2. The summed E-state index contributed by atoms with van der Waals surface area (Å²) in [6.45, 7) is 3.17. The summed E-state index contributed by atoms with van der Waals surface area (Å²) in [5.41, 5.74) is 1.87. The average molecular weight is 408 g/mol. The van der Waals surface area contributed by atoms with E-state index in [1.54, 1.807) is 22.5 Å². The highest BCUT2D eigenvalue weighted by Crippen LogP contribution is 2.13. The van der Waals surface area contributed by atoms with Crippen LogP contribution in [0.1, 0.15) is 17.8 Å². The monoisotopic (exact) mass is 407 g/mol. The predicted molar refractivity (Wildman–Crippen MR) is 97.1 cm³/mol. The van der Waals surface area contributed by atoms with Crippen molar-refractivity contribution in [3.05, 3.63) is 23.5 Å². The normalized spacial score (nSPS) is 16.7. The fourth-order valence-electron chi connectivity index (χ4n) is 2.19. The largest absolute Gasteiger partial charge is 0.297 e. The molecule has 1 saturated heterocycles. The van der Waals surface area contributed by atoms with Gasteiger partial charge in [0.05, 0.1) is 17.3 Å². The van der Waals surface area contributed by atoms with E-state index >= 15 is 0 Å². The van der Waals surface area contributed by atoms with E-state index in [2.05, 4.69) is 15.1 Å². The third-order valence-electron chi connectivity index (χ3n) is 3.79. The van der Waals surface area contributed by atoms with Crippen LogP contribution in [0.15, 0.2) is 22.2 Å². The van der Waals surface area contributed by atoms with Gasteiger partial charge < -0.3 is 0 Å². The standard InChI is InChI=1S/C8H14N4OS.C5H8ClN3OS/c1-11-7(6-12-3-2-4-12)5-8(10-11)14(9)13;1-9-4(3-6)2-5(8-9)11(7)10/h5H,2-4,6,9H2,1H3;2H,3,7H2,1H3. The van der Waals surface area contributed by atoms with E-state index in [9.17, 15) is 8.42 Å². The van der Waals surface area contributed by atoms with Crippen LogP contribution in [-0.2, 0) is 48.5 Å². The van der Waals surface area contributed by atoms with Gasteiger partial charge in [-0.2, -0.15) is 10.2 Å². The molecule has 0 aliphatic carbocycles. The van der Waals surface area contributed by atoms with Crippen molar-refractivity contribution in [1.82, 2.24) is 24.5 Å². The Balaban J connectivity index is 0.000000186. The minimum absolute atomic E-state index is 0.348. The molecule has 2 aromatic heterocycles. The Morgan fingerprint density at radius 1 is 1.04 bits per heavy atom. The molecular weight excluding hydrogens is 386 g/mol. The molecule has 0 radical (unpaired) electrons. The summed E-state index contributed by atoms with van der Waals surface area (Å²) >= 11 is 5.55. The molecule has 2 atom stereocenters. The van der Waals surface area contributed by atoms with Crippen LogP contribution >= 0.6 is 11.6 Å². The van der Waals surface area contributed by atoms with Gasteiger partial charge in [-0.25, -0.2) is 18.7 Å². The molecule has 1 aliphatic rings. The van der Waals surface area contributed by atoms with Crippen LogP contribution in [0.3, 0.4) is 0 Å². The lowest BCUT2D eigenvalue weighted by molar-refractivity contribution is 0.168. The Labute approximate surface area is 156 Å². The number of rotatable bonds is 5. The van der Waals surface area contributed by atoms with E-state index in [0.29, 0.717) is 15.9 Å². The Morgan fingerprint density at radius 2 is 1.52 bits per heavy atom. The highest BCUT2D eigenvalue weighted by atomic mass is 35.5. The molecule has 25 heavy (non-hydrogen) atoms. The lowest BCUT2D eigenvalue weighted by atomic mass is 10.2. The van der Waals surface area contributed by atoms with Crippen LogP contribution in [0.4, 0.5) is 0 Å². The molecule has 3 rings (SSSR count). The molecular formula is C13H22ClN7O2S2. The zero-order valence-electron chi connectivity index (χ0n) is 14.1. The van der Waals surface area contributed by atoms with Gasteiger partial charge in [0, 0.05) is 20.6 Å². The van der Waals surface area contributed by atoms with Crippen molar-refractivity contribution in [2.75, 3.05) is 13.1 Å². The summed E-state index contributed by atoms with van der Waals surface area (Å²) in [5.74, 6) is 0.348. The van der Waals surface area contributed by atoms with Crippen molar-refractivity contribution in [1.29, 1.82) is 0 Å². The smallest absolute Gasteiger partial charge is 0.164 e. The molecule has 2 unspecified atom stereocenters. The zero-order chi connectivity index (χ0) is 18.6. The topological polar surface area (TPSA) is 125 Å². The van der Waals surface area contributed by atoms with Gasteiger partial charge in [-0.1, -0.05) is 0 Å². The van der Waals surface area contributed by atoms with Gasteiger partial charge in [0.15, 0.2) is 10.1 Å². The summed E-state index contributed by atoms with van der Waals surface area (Å²) in [6, 6.07) is 3.44. The van der Waals surface area contributed by atoms with Crippen LogP contribution in [0, 0.1) is 0 Å². The van der Waals surface area contributed by atoms with E-state index in [0.717, 1.165) is 31.0 Å². The molecule has 4 N–H and O–H groups in total. The molecule has 9 nitrogen and oxygen atoms in total. The van der Waals surface area contributed by atoms with Crippen molar-refractivity contribution < 1.29 is 8.42 Å². The molecule has 0 bridgehead atoms. The maximum absolute atomic E-state index is 11.0. The second-order valence-electron chi connectivity index (χ2n) is 5.55. The first-order valence-corrected chi connectivity index (χ1v) is 10.4. The molecule has 1 aliphatic heterocycles. The highest BCUT2D eigenvalue weighted by Gasteiger charge is 2.17. The molecule has 2 aromatic rings.